The molecule has 0 amide bonds. The predicted molar refractivity (Wildman–Crippen MR) is 56.9 cm³/mol. The predicted octanol–water partition coefficient (Wildman–Crippen LogP) is 2.43. The molecule has 0 saturated heterocycles. The molecule has 0 aromatic heterocycles. The number of hydrogen-bond acceptors (Lipinski definition) is 3. The maximum absolute atomic E-state index is 13.1. The molecule has 0 aliphatic heterocycles. The van der Waals surface area contributed by atoms with Gasteiger partial charge in [-0.25, -0.2) is 4.39 Å². The van der Waals surface area contributed by atoms with Crippen LogP contribution in [0.3, 0.4) is 0 Å². The quantitative estimate of drug-likeness (QED) is 0.612. The number of methoxy groups -OCH3 is 1. The molecule has 0 fully saturated rings. The average Bonchev–Trinajstić information content (AvgIpc) is 2.23. The third-order valence-electron chi connectivity index (χ3n) is 1.72. The van der Waals surface area contributed by atoms with Crippen LogP contribution in [-0.4, -0.2) is 26.6 Å². The molecule has 0 heterocycles. The van der Waals surface area contributed by atoms with Gasteiger partial charge in [0.15, 0.2) is 6.29 Å². The van der Waals surface area contributed by atoms with E-state index in [4.69, 9.17) is 9.47 Å². The summed E-state index contributed by atoms with van der Waals surface area (Å²) in [5, 5.41) is 0. The Morgan fingerprint density at radius 2 is 2.20 bits per heavy atom. The van der Waals surface area contributed by atoms with Crippen LogP contribution in [-0.2, 0) is 4.74 Å². The van der Waals surface area contributed by atoms with Gasteiger partial charge in [-0.2, -0.15) is 0 Å². The van der Waals surface area contributed by atoms with Gasteiger partial charge in [-0.15, -0.1) is 0 Å². The first-order valence-corrected chi connectivity index (χ1v) is 5.04. The van der Waals surface area contributed by atoms with Gasteiger partial charge in [0.05, 0.1) is 16.6 Å². The summed E-state index contributed by atoms with van der Waals surface area (Å²) in [6.45, 7) is 0.661. The first-order chi connectivity index (χ1) is 7.19. The molecule has 0 spiro atoms. The van der Waals surface area contributed by atoms with Gasteiger partial charge >= 0.3 is 0 Å². The van der Waals surface area contributed by atoms with Crippen LogP contribution in [0.4, 0.5) is 4.39 Å². The molecule has 1 rings (SSSR count). The minimum atomic E-state index is -0.465. The molecule has 3 nitrogen and oxygen atoms in total. The molecule has 1 aromatic carbocycles. The molecule has 0 unspecified atom stereocenters. The lowest BCUT2D eigenvalue weighted by Crippen LogP contribution is -2.06. The largest absolute Gasteiger partial charge is 0.490 e. The van der Waals surface area contributed by atoms with Gasteiger partial charge in [-0.05, 0) is 22.0 Å². The molecule has 0 aliphatic rings. The molecule has 5 heteroatoms. The molecule has 0 bridgehead atoms. The highest BCUT2D eigenvalue weighted by molar-refractivity contribution is 9.10. The van der Waals surface area contributed by atoms with Crippen molar-refractivity contribution in [2.24, 2.45) is 0 Å². The summed E-state index contributed by atoms with van der Waals surface area (Å²) in [5.41, 5.74) is 0.305. The molecule has 0 atom stereocenters. The van der Waals surface area contributed by atoms with Crippen LogP contribution in [0.1, 0.15) is 10.4 Å². The van der Waals surface area contributed by atoms with Crippen molar-refractivity contribution < 1.29 is 18.7 Å². The van der Waals surface area contributed by atoms with Gasteiger partial charge in [-0.1, -0.05) is 0 Å². The Morgan fingerprint density at radius 1 is 1.47 bits per heavy atom. The van der Waals surface area contributed by atoms with Gasteiger partial charge in [0.25, 0.3) is 0 Å². The monoisotopic (exact) mass is 276 g/mol. The first kappa shape index (κ1) is 12.1. The Hall–Kier alpha value is -0.940. The van der Waals surface area contributed by atoms with E-state index in [0.29, 0.717) is 18.5 Å². The zero-order valence-electron chi connectivity index (χ0n) is 8.13. The highest BCUT2D eigenvalue weighted by Crippen LogP contribution is 2.25. The molecular formula is C10H10BrFO3. The standard InChI is InChI=1S/C10H10BrFO3/c1-14-2-3-15-10-5-9(12)8(11)4-7(10)6-13/h4-6H,2-3H2,1H3. The molecule has 0 aliphatic carbocycles. The van der Waals surface area contributed by atoms with Gasteiger partial charge in [0.1, 0.15) is 18.2 Å². The maximum atomic E-state index is 13.1. The third-order valence-corrected chi connectivity index (χ3v) is 2.33. The van der Waals surface area contributed by atoms with Crippen LogP contribution in [0, 0.1) is 5.82 Å². The summed E-state index contributed by atoms with van der Waals surface area (Å²) in [6, 6.07) is 2.55. The molecule has 1 aromatic rings. The van der Waals surface area contributed by atoms with Crippen molar-refractivity contribution in [2.45, 2.75) is 0 Å². The summed E-state index contributed by atoms with van der Waals surface area (Å²) < 4.78 is 23.3. The fraction of sp³-hybridized carbons (Fsp3) is 0.300. The maximum Gasteiger partial charge on any atom is 0.153 e. The highest BCUT2D eigenvalue weighted by atomic mass is 79.9. The second-order valence-corrected chi connectivity index (χ2v) is 3.62. The average molecular weight is 277 g/mol. The number of hydrogen-bond donors (Lipinski definition) is 0. The zero-order valence-corrected chi connectivity index (χ0v) is 9.71. The van der Waals surface area contributed by atoms with Crippen LogP contribution in [0.15, 0.2) is 16.6 Å². The van der Waals surface area contributed by atoms with Crippen LogP contribution in [0.5, 0.6) is 5.75 Å². The van der Waals surface area contributed by atoms with Crippen LogP contribution >= 0.6 is 15.9 Å². The number of benzene rings is 1. The van der Waals surface area contributed by atoms with Crippen molar-refractivity contribution >= 4 is 22.2 Å². The molecule has 0 N–H and O–H groups in total. The fourth-order valence-corrected chi connectivity index (χ4v) is 1.36. The fourth-order valence-electron chi connectivity index (χ4n) is 0.996. The lowest BCUT2D eigenvalue weighted by molar-refractivity contribution is 0.111. The van der Waals surface area contributed by atoms with E-state index in [2.05, 4.69) is 15.9 Å². The summed E-state index contributed by atoms with van der Waals surface area (Å²) in [5.74, 6) is -0.240. The van der Waals surface area contributed by atoms with Crippen molar-refractivity contribution in [3.63, 3.8) is 0 Å². The third kappa shape index (κ3) is 3.28. The van der Waals surface area contributed by atoms with E-state index < -0.39 is 5.82 Å². The number of carbonyl (C=O) groups is 1. The Labute approximate surface area is 95.3 Å². The van der Waals surface area contributed by atoms with Gasteiger partial charge in [0.2, 0.25) is 0 Å². The van der Waals surface area contributed by atoms with E-state index in [1.54, 1.807) is 0 Å². The summed E-state index contributed by atoms with van der Waals surface area (Å²) >= 11 is 2.99. The number of rotatable bonds is 5. The molecule has 0 saturated carbocycles. The Bertz CT molecular complexity index is 355. The van der Waals surface area contributed by atoms with Crippen molar-refractivity contribution in [1.29, 1.82) is 0 Å². The normalized spacial score (nSPS) is 10.1. The van der Waals surface area contributed by atoms with Gasteiger partial charge < -0.3 is 9.47 Å². The first-order valence-electron chi connectivity index (χ1n) is 4.25. The van der Waals surface area contributed by atoms with E-state index in [0.717, 1.165) is 0 Å². The minimum Gasteiger partial charge on any atom is -0.490 e. The zero-order chi connectivity index (χ0) is 11.3. The van der Waals surface area contributed by atoms with Crippen molar-refractivity contribution in [1.82, 2.24) is 0 Å². The van der Waals surface area contributed by atoms with Gasteiger partial charge in [-0.3, -0.25) is 4.79 Å². The highest BCUT2D eigenvalue weighted by Gasteiger charge is 2.08. The van der Waals surface area contributed by atoms with E-state index in [9.17, 15) is 9.18 Å². The van der Waals surface area contributed by atoms with Crippen LogP contribution in [0.2, 0.25) is 0 Å². The van der Waals surface area contributed by atoms with E-state index in [-0.39, 0.29) is 16.8 Å². The van der Waals surface area contributed by atoms with Crippen LogP contribution in [0.25, 0.3) is 0 Å². The number of ether oxygens (including phenoxy) is 2. The molecule has 0 radical (unpaired) electrons. The Balaban J connectivity index is 2.85. The van der Waals surface area contributed by atoms with Crippen molar-refractivity contribution in [3.05, 3.63) is 28.0 Å². The minimum absolute atomic E-state index is 0.225. The van der Waals surface area contributed by atoms with E-state index in [1.807, 2.05) is 0 Å². The summed E-state index contributed by atoms with van der Waals surface area (Å²) in [7, 11) is 1.53. The van der Waals surface area contributed by atoms with Crippen LogP contribution < -0.4 is 4.74 Å². The summed E-state index contributed by atoms with van der Waals surface area (Å²) in [6.07, 6.45) is 0.617. The lowest BCUT2D eigenvalue weighted by atomic mass is 10.2. The summed E-state index contributed by atoms with van der Waals surface area (Å²) in [4.78, 5) is 10.7. The van der Waals surface area contributed by atoms with Crippen molar-refractivity contribution in [3.8, 4) is 5.75 Å². The van der Waals surface area contributed by atoms with Gasteiger partial charge in [0, 0.05) is 13.2 Å². The molecule has 82 valence electrons. The van der Waals surface area contributed by atoms with E-state index >= 15 is 0 Å². The second-order valence-electron chi connectivity index (χ2n) is 2.76. The number of aldehydes is 1. The lowest BCUT2D eigenvalue weighted by Gasteiger charge is -2.08. The number of halogens is 2. The smallest absolute Gasteiger partial charge is 0.153 e. The van der Waals surface area contributed by atoms with E-state index in [1.165, 1.54) is 19.2 Å². The van der Waals surface area contributed by atoms with Crippen molar-refractivity contribution in [2.75, 3.05) is 20.3 Å². The molecule has 15 heavy (non-hydrogen) atoms. The molecular weight excluding hydrogens is 267 g/mol. The SMILES string of the molecule is COCCOc1cc(F)c(Br)cc1C=O. The second kappa shape index (κ2) is 5.82. The topological polar surface area (TPSA) is 35.5 Å². The number of carbonyl (C=O) groups excluding carboxylic acids is 1. The Kier molecular flexibility index (Phi) is 4.71. The Morgan fingerprint density at radius 3 is 2.80 bits per heavy atom.